The zero-order chi connectivity index (χ0) is 51.8. The Bertz CT molecular complexity index is 2730. The fourth-order valence-electron chi connectivity index (χ4n) is 5.86. The minimum Gasteiger partial charge on any atom is -0.508 e. The summed E-state index contributed by atoms with van der Waals surface area (Å²) in [6.07, 6.45) is 0.454. The number of anilines is 1. The van der Waals surface area contributed by atoms with Crippen LogP contribution in [0.15, 0.2) is 127 Å². The third-order valence-corrected chi connectivity index (χ3v) is 9.62. The molecule has 70 heavy (non-hydrogen) atoms. The Labute approximate surface area is 433 Å². The number of aromatic carboxylic acids is 2. The van der Waals surface area contributed by atoms with Crippen molar-refractivity contribution >= 4 is 91.6 Å². The number of hydrogen-bond donors (Lipinski definition) is 4. The van der Waals surface area contributed by atoms with Crippen molar-refractivity contribution in [2.24, 2.45) is 0 Å². The number of aryl methyl sites for hydroxylation is 3. The van der Waals surface area contributed by atoms with Crippen LogP contribution in [0.2, 0.25) is 0 Å². The average molecular weight is 1150 g/mol. The van der Waals surface area contributed by atoms with E-state index in [1.807, 2.05) is 57.2 Å². The molecule has 0 aromatic heterocycles. The molecule has 0 bridgehead atoms. The van der Waals surface area contributed by atoms with Crippen molar-refractivity contribution in [2.45, 2.75) is 41.0 Å². The first-order valence-electron chi connectivity index (χ1n) is 20.4. The zero-order valence-corrected chi connectivity index (χ0v) is 43.5. The number of methoxy groups -OCH3 is 4. The van der Waals surface area contributed by atoms with E-state index >= 15 is 0 Å². The first-order valence-corrected chi connectivity index (χ1v) is 23.1. The largest absolute Gasteiger partial charge is 0.508 e. The molecule has 6 rings (SSSR count). The third kappa shape index (κ3) is 21.3. The number of nitrogens with two attached hydrogens (primary N) is 1. The van der Waals surface area contributed by atoms with Crippen molar-refractivity contribution in [2.75, 3.05) is 34.2 Å². The Kier molecular flexibility index (Phi) is 27.5. The number of carbonyl (C=O) groups excluding carboxylic acids is 4. The number of esters is 2. The number of halogens is 3. The number of Topliss-reactive ketones (excluding diaryl/α,β-unsaturated/α-hetero) is 2. The number of carbonyl (C=O) groups is 6. The van der Waals surface area contributed by atoms with Crippen molar-refractivity contribution in [1.29, 1.82) is 0 Å². The first kappa shape index (κ1) is 61.3. The van der Waals surface area contributed by atoms with Gasteiger partial charge in [0, 0.05) is 29.7 Å². The number of phenolic OH excluding ortho intramolecular Hbond substituents is 1. The van der Waals surface area contributed by atoms with Gasteiger partial charge in [0.25, 0.3) is 0 Å². The minimum atomic E-state index is -1.06. The van der Waals surface area contributed by atoms with E-state index in [1.54, 1.807) is 62.8 Å². The SMILES string of the molecule is BrB(Br)Br.C.COC(=O)c1cccc(C(=O)Cc2ccc(OC)cc2C)c1.COC(=O)c1cccc(C(=O)O)c1.COc1ccc(N)c(C)c1.Cc1cc(O)ccc1CC(=O)c1cccc(C(=O)O)c1. The average Bonchev–Trinajstić information content (AvgIpc) is 3.33. The second kappa shape index (κ2) is 31.4. The molecule has 6 aromatic carbocycles. The fraction of sp³-hybridized carbons (Fsp3) is 0.192. The second-order valence-electron chi connectivity index (χ2n) is 14.4. The van der Waals surface area contributed by atoms with Gasteiger partial charge < -0.3 is 40.0 Å². The molecule has 0 fully saturated rings. The van der Waals surface area contributed by atoms with E-state index in [2.05, 4.69) is 56.7 Å². The number of carboxylic acids is 2. The lowest BCUT2D eigenvalue weighted by Crippen LogP contribution is -2.08. The van der Waals surface area contributed by atoms with Crippen LogP contribution < -0.4 is 15.2 Å². The quantitative estimate of drug-likeness (QED) is 0.0387. The van der Waals surface area contributed by atoms with Gasteiger partial charge in [-0.25, -0.2) is 19.2 Å². The van der Waals surface area contributed by atoms with Gasteiger partial charge in [0.15, 0.2) is 11.6 Å². The highest BCUT2D eigenvalue weighted by molar-refractivity contribution is 9.69. The molecule has 370 valence electrons. The molecule has 0 aliphatic rings. The van der Waals surface area contributed by atoms with Crippen LogP contribution in [0.1, 0.15) is 97.4 Å². The summed E-state index contributed by atoms with van der Waals surface area (Å²) in [6, 6.07) is 34.3. The molecule has 18 heteroatoms. The van der Waals surface area contributed by atoms with Crippen LogP contribution in [-0.4, -0.2) is 82.4 Å². The van der Waals surface area contributed by atoms with E-state index in [0.717, 1.165) is 45.0 Å². The summed E-state index contributed by atoms with van der Waals surface area (Å²) in [6.45, 7) is 5.71. The lowest BCUT2D eigenvalue weighted by Gasteiger charge is -2.08. The zero-order valence-electron chi connectivity index (χ0n) is 38.8. The standard InChI is InChI=1S/C18H18O4.C16H14O4.C9H8O4.C8H11NO.CH4.BBr3/c1-12-9-16(21-2)8-7-13(12)11-17(19)14-5-4-6-15(10-14)18(20)22-3;1-10-7-14(17)6-5-11(10)9-15(18)12-3-2-4-13(8-12)16(19)20;1-13-9(12)7-4-2-3-6(5-7)8(10)11;1-6-5-7(10-2)3-4-8(6)9;;2-1(3)4/h4-10H,11H2,1-3H3;2-8,17H,9H2,1H3,(H,19,20);2-5H,1H3,(H,10,11);3-5H,9H2,1-2H3;1H4;. The Morgan fingerprint density at radius 2 is 0.843 bits per heavy atom. The lowest BCUT2D eigenvalue weighted by molar-refractivity contribution is 0.0591. The van der Waals surface area contributed by atoms with Gasteiger partial charge in [-0.2, -0.15) is 0 Å². The maximum absolute atomic E-state index is 12.4. The molecular weight excluding hydrogens is 1100 g/mol. The second-order valence-corrected chi connectivity index (χ2v) is 20.8. The van der Waals surface area contributed by atoms with Crippen molar-refractivity contribution in [3.63, 3.8) is 0 Å². The number of rotatable bonds is 12. The van der Waals surface area contributed by atoms with Gasteiger partial charge in [0.2, 0.25) is 0 Å². The molecule has 0 unspecified atom stereocenters. The van der Waals surface area contributed by atoms with Gasteiger partial charge in [-0.05, 0) is 134 Å². The van der Waals surface area contributed by atoms with E-state index in [0.29, 0.717) is 16.7 Å². The van der Waals surface area contributed by atoms with Crippen LogP contribution >= 0.6 is 47.3 Å². The maximum Gasteiger partial charge on any atom is 0.369 e. The molecular formula is C52H55BBr3NO13. The lowest BCUT2D eigenvalue weighted by atomic mass is 9.98. The number of ketones is 2. The van der Waals surface area contributed by atoms with Gasteiger partial charge in [-0.3, -0.25) is 9.59 Å². The Hall–Kier alpha value is -6.76. The number of hydrogen-bond acceptors (Lipinski definition) is 12. The Balaban J connectivity index is 0.000000469. The van der Waals surface area contributed by atoms with Crippen LogP contribution in [0.4, 0.5) is 5.69 Å². The molecule has 5 N–H and O–H groups in total. The summed E-state index contributed by atoms with van der Waals surface area (Å²) in [5.74, 6) is -1.52. The van der Waals surface area contributed by atoms with Gasteiger partial charge in [-0.1, -0.05) is 49.9 Å². The Morgan fingerprint density at radius 3 is 1.21 bits per heavy atom. The summed E-state index contributed by atoms with van der Waals surface area (Å²) in [5.41, 5.74) is 12.7. The molecule has 0 atom stereocenters. The van der Waals surface area contributed by atoms with E-state index in [-0.39, 0.29) is 57.5 Å². The van der Waals surface area contributed by atoms with Gasteiger partial charge in [0.1, 0.15) is 17.2 Å². The highest BCUT2D eigenvalue weighted by Crippen LogP contribution is 2.21. The number of nitrogen functional groups attached to an aromatic ring is 1. The van der Waals surface area contributed by atoms with E-state index in [1.165, 1.54) is 56.7 Å². The van der Waals surface area contributed by atoms with Crippen molar-refractivity contribution < 1.29 is 63.0 Å². The van der Waals surface area contributed by atoms with Crippen molar-refractivity contribution in [1.82, 2.24) is 0 Å². The van der Waals surface area contributed by atoms with Crippen LogP contribution in [0, 0.1) is 20.8 Å². The summed E-state index contributed by atoms with van der Waals surface area (Å²) in [5, 5.41) is 26.9. The highest BCUT2D eigenvalue weighted by atomic mass is 79.9. The predicted molar refractivity (Wildman–Crippen MR) is 284 cm³/mol. The topological polar surface area (TPSA) is 226 Å². The van der Waals surface area contributed by atoms with Crippen molar-refractivity contribution in [3.05, 3.63) is 189 Å². The monoisotopic (exact) mass is 1150 g/mol. The van der Waals surface area contributed by atoms with Crippen LogP contribution in [-0.2, 0) is 22.3 Å². The third-order valence-electron chi connectivity index (χ3n) is 9.62. The van der Waals surface area contributed by atoms with Gasteiger partial charge in [-0.15, -0.1) is 47.3 Å². The molecule has 0 saturated heterocycles. The fourth-order valence-corrected chi connectivity index (χ4v) is 5.86. The van der Waals surface area contributed by atoms with Gasteiger partial charge >= 0.3 is 27.1 Å². The number of aromatic hydroxyl groups is 1. The highest BCUT2D eigenvalue weighted by Gasteiger charge is 2.14. The molecule has 0 saturated carbocycles. The Morgan fingerprint density at radius 1 is 0.500 bits per heavy atom. The predicted octanol–water partition coefficient (Wildman–Crippen LogP) is 11.6. The van der Waals surface area contributed by atoms with Crippen LogP contribution in [0.5, 0.6) is 17.2 Å². The van der Waals surface area contributed by atoms with E-state index in [4.69, 9.17) is 25.4 Å². The minimum absolute atomic E-state index is 0. The number of phenols is 1. The van der Waals surface area contributed by atoms with Crippen molar-refractivity contribution in [3.8, 4) is 17.2 Å². The number of ether oxygens (including phenoxy) is 4. The van der Waals surface area contributed by atoms with E-state index in [9.17, 15) is 33.9 Å². The summed E-state index contributed by atoms with van der Waals surface area (Å²) >= 11 is 9.31. The first-order chi connectivity index (χ1) is 32.6. The van der Waals surface area contributed by atoms with E-state index < -0.39 is 23.9 Å². The molecule has 0 aliphatic heterocycles. The summed E-state index contributed by atoms with van der Waals surface area (Å²) in [4.78, 5) is 68.5. The van der Waals surface area contributed by atoms with Gasteiger partial charge in [0.05, 0.1) is 50.7 Å². The summed E-state index contributed by atoms with van der Waals surface area (Å²) in [7, 11) is 5.82. The smallest absolute Gasteiger partial charge is 0.369 e. The molecule has 0 amide bonds. The normalized spacial score (nSPS) is 9.57. The number of benzene rings is 6. The molecule has 0 aliphatic carbocycles. The maximum atomic E-state index is 12.4. The van der Waals surface area contributed by atoms with Crippen LogP contribution in [0.3, 0.4) is 0 Å². The molecule has 6 aromatic rings. The molecule has 14 nitrogen and oxygen atoms in total. The molecule has 0 heterocycles. The molecule has 0 radical (unpaired) electrons. The van der Waals surface area contributed by atoms with Crippen LogP contribution in [0.25, 0.3) is 0 Å². The summed E-state index contributed by atoms with van der Waals surface area (Å²) < 4.78 is 19.5. The molecule has 0 spiro atoms. The number of carboxylic acid groups (broad SMARTS) is 2.